The zero-order chi connectivity index (χ0) is 17.6. The third-order valence-electron chi connectivity index (χ3n) is 4.87. The lowest BCUT2D eigenvalue weighted by Crippen LogP contribution is -3.15. The molecule has 0 atom stereocenters. The third-order valence-corrected chi connectivity index (χ3v) is 4.87. The van der Waals surface area contributed by atoms with Crippen LogP contribution in [0.25, 0.3) is 0 Å². The number of aromatic nitrogens is 1. The molecule has 1 saturated heterocycles. The summed E-state index contributed by atoms with van der Waals surface area (Å²) >= 11 is 0. The number of rotatable bonds is 5. The predicted molar refractivity (Wildman–Crippen MR) is 98.4 cm³/mol. The fourth-order valence-electron chi connectivity index (χ4n) is 3.23. The molecule has 132 valence electrons. The van der Waals surface area contributed by atoms with Gasteiger partial charge in [-0.05, 0) is 18.6 Å². The molecule has 2 N–H and O–H groups in total. The van der Waals surface area contributed by atoms with Crippen molar-refractivity contribution in [1.29, 1.82) is 0 Å². The number of amides is 1. The van der Waals surface area contributed by atoms with Crippen LogP contribution in [0.2, 0.25) is 0 Å². The molecule has 5 nitrogen and oxygen atoms in total. The van der Waals surface area contributed by atoms with Gasteiger partial charge in [-0.25, -0.2) is 4.98 Å². The number of aryl methyl sites for hydroxylation is 1. The van der Waals surface area contributed by atoms with Crippen molar-refractivity contribution >= 4 is 11.7 Å². The van der Waals surface area contributed by atoms with Gasteiger partial charge in [-0.2, -0.15) is 0 Å². The number of carbonyl (C=O) groups excluding carboxylic acids is 1. The first-order valence-corrected chi connectivity index (χ1v) is 8.96. The molecule has 0 aliphatic carbocycles. The van der Waals surface area contributed by atoms with Crippen LogP contribution in [0, 0.1) is 6.92 Å². The number of pyridine rings is 1. The first kappa shape index (κ1) is 17.4. The summed E-state index contributed by atoms with van der Waals surface area (Å²) in [5.74, 6) is 1.37. The van der Waals surface area contributed by atoms with Crippen molar-refractivity contribution in [3.8, 4) is 0 Å². The highest BCUT2D eigenvalue weighted by molar-refractivity contribution is 5.76. The Labute approximate surface area is 149 Å². The van der Waals surface area contributed by atoms with Crippen molar-refractivity contribution < 1.29 is 14.7 Å². The van der Waals surface area contributed by atoms with Crippen LogP contribution in [-0.4, -0.2) is 50.6 Å². The number of benzene rings is 1. The number of hydrogen-bond donors (Lipinski definition) is 1. The van der Waals surface area contributed by atoms with E-state index in [-0.39, 0.29) is 5.91 Å². The van der Waals surface area contributed by atoms with Gasteiger partial charge in [0.1, 0.15) is 26.2 Å². The molecule has 25 heavy (non-hydrogen) atoms. The Morgan fingerprint density at radius 2 is 1.88 bits per heavy atom. The third kappa shape index (κ3) is 4.79. The van der Waals surface area contributed by atoms with Gasteiger partial charge in [-0.15, -0.1) is 0 Å². The van der Waals surface area contributed by atoms with Crippen LogP contribution >= 0.6 is 0 Å². The highest BCUT2D eigenvalue weighted by Crippen LogP contribution is 2.06. The van der Waals surface area contributed by atoms with Crippen molar-refractivity contribution in [3.05, 3.63) is 59.8 Å². The van der Waals surface area contributed by atoms with Gasteiger partial charge in [0.25, 0.3) is 11.7 Å². The molecular weight excluding hydrogens is 312 g/mol. The largest absolute Gasteiger partial charge is 0.337 e. The summed E-state index contributed by atoms with van der Waals surface area (Å²) in [6, 6.07) is 14.5. The zero-order valence-corrected chi connectivity index (χ0v) is 15.2. The van der Waals surface area contributed by atoms with Crippen molar-refractivity contribution in [2.45, 2.75) is 13.5 Å². The molecular formula is C20H28N4O+2. The smallest absolute Gasteiger partial charge is 0.277 e. The molecule has 1 aliphatic heterocycles. The summed E-state index contributed by atoms with van der Waals surface area (Å²) < 4.78 is 0. The molecule has 0 spiro atoms. The van der Waals surface area contributed by atoms with Crippen molar-refractivity contribution in [3.63, 3.8) is 0 Å². The number of piperazine rings is 1. The van der Waals surface area contributed by atoms with E-state index in [9.17, 15) is 4.79 Å². The minimum atomic E-state index is 0.218. The molecule has 0 bridgehead atoms. The Morgan fingerprint density at radius 3 is 2.52 bits per heavy atom. The zero-order valence-electron chi connectivity index (χ0n) is 15.2. The lowest BCUT2D eigenvalue weighted by Gasteiger charge is -2.29. The second kappa shape index (κ2) is 8.12. The Kier molecular flexibility index (Phi) is 5.66. The van der Waals surface area contributed by atoms with Gasteiger partial charge < -0.3 is 9.80 Å². The normalized spacial score (nSPS) is 15.2. The number of carbonyl (C=O) groups is 1. The maximum Gasteiger partial charge on any atom is 0.277 e. The van der Waals surface area contributed by atoms with Gasteiger partial charge in [-0.1, -0.05) is 35.9 Å². The van der Waals surface area contributed by atoms with E-state index in [0.717, 1.165) is 32.0 Å². The molecule has 1 fully saturated rings. The van der Waals surface area contributed by atoms with Crippen molar-refractivity contribution in [1.82, 2.24) is 4.90 Å². The van der Waals surface area contributed by atoms with E-state index in [1.54, 1.807) is 0 Å². The number of nitrogens with one attached hydrogen (secondary N) is 2. The van der Waals surface area contributed by atoms with Gasteiger partial charge >= 0.3 is 0 Å². The number of anilines is 1. The van der Waals surface area contributed by atoms with Gasteiger partial charge in [-0.3, -0.25) is 9.69 Å². The monoisotopic (exact) mass is 340 g/mol. The topological polar surface area (TPSA) is 42.1 Å². The molecule has 2 heterocycles. The lowest BCUT2D eigenvalue weighted by molar-refractivity contribution is -0.892. The van der Waals surface area contributed by atoms with Crippen LogP contribution in [0.5, 0.6) is 0 Å². The Hall–Kier alpha value is -2.40. The second-order valence-corrected chi connectivity index (χ2v) is 6.90. The van der Waals surface area contributed by atoms with E-state index >= 15 is 0 Å². The van der Waals surface area contributed by atoms with Crippen molar-refractivity contribution in [2.75, 3.05) is 44.7 Å². The molecule has 1 aromatic heterocycles. The number of nitrogens with zero attached hydrogens (tertiary/aromatic N) is 2. The summed E-state index contributed by atoms with van der Waals surface area (Å²) in [6.07, 6.45) is 1.96. The molecule has 0 saturated carbocycles. The fourth-order valence-corrected chi connectivity index (χ4v) is 3.23. The Balaban J connectivity index is 1.46. The lowest BCUT2D eigenvalue weighted by atomic mass is 10.1. The van der Waals surface area contributed by atoms with E-state index in [2.05, 4.69) is 53.2 Å². The van der Waals surface area contributed by atoms with Crippen LogP contribution in [0.1, 0.15) is 11.1 Å². The molecule has 1 aliphatic rings. The molecule has 5 heteroatoms. The van der Waals surface area contributed by atoms with Crippen LogP contribution < -0.4 is 14.8 Å². The second-order valence-electron chi connectivity index (χ2n) is 6.90. The van der Waals surface area contributed by atoms with Gasteiger partial charge in [0.2, 0.25) is 0 Å². The van der Waals surface area contributed by atoms with E-state index in [4.69, 9.17) is 0 Å². The standard InChI is InChI=1S/C20H26N4O/c1-17-6-8-18(9-7-17)15-22(2)20(25)16-23-11-13-24(14-12-23)19-5-3-4-10-21-19/h3-10H,11-16H2,1-2H3/p+2. The van der Waals surface area contributed by atoms with Crippen molar-refractivity contribution in [2.24, 2.45) is 0 Å². The SMILES string of the molecule is Cc1ccc(CN(C)C(=O)C[NH+]2CCN(c3cccc[nH+]3)CC2)cc1. The van der Waals surface area contributed by atoms with Crippen LogP contribution in [-0.2, 0) is 11.3 Å². The molecule has 2 aromatic rings. The molecule has 0 radical (unpaired) electrons. The molecule has 0 unspecified atom stereocenters. The minimum Gasteiger partial charge on any atom is -0.337 e. The predicted octanol–water partition coefficient (Wildman–Crippen LogP) is 0.173. The summed E-state index contributed by atoms with van der Waals surface area (Å²) in [4.78, 5) is 21.4. The number of quaternary nitrogens is 1. The average Bonchev–Trinajstić information content (AvgIpc) is 2.65. The quantitative estimate of drug-likeness (QED) is 0.843. The highest BCUT2D eigenvalue weighted by Gasteiger charge is 2.27. The first-order valence-electron chi connectivity index (χ1n) is 8.96. The van der Waals surface area contributed by atoms with Crippen LogP contribution in [0.4, 0.5) is 5.82 Å². The van der Waals surface area contributed by atoms with Gasteiger partial charge in [0, 0.05) is 19.7 Å². The maximum absolute atomic E-state index is 12.5. The van der Waals surface area contributed by atoms with Gasteiger partial charge in [0.15, 0.2) is 6.54 Å². The summed E-state index contributed by atoms with van der Waals surface area (Å²) in [6.45, 7) is 7.27. The maximum atomic E-state index is 12.5. The van der Waals surface area contributed by atoms with E-state index < -0.39 is 0 Å². The number of hydrogen-bond acceptors (Lipinski definition) is 2. The average molecular weight is 340 g/mol. The minimum absolute atomic E-state index is 0.218. The fraction of sp³-hybridized carbons (Fsp3) is 0.400. The summed E-state index contributed by atoms with van der Waals surface area (Å²) in [7, 11) is 1.90. The summed E-state index contributed by atoms with van der Waals surface area (Å²) in [5, 5.41) is 0. The highest BCUT2D eigenvalue weighted by atomic mass is 16.2. The molecule has 1 amide bonds. The van der Waals surface area contributed by atoms with E-state index in [0.29, 0.717) is 13.1 Å². The van der Waals surface area contributed by atoms with E-state index in [1.165, 1.54) is 16.0 Å². The number of H-pyrrole nitrogens is 1. The van der Waals surface area contributed by atoms with Gasteiger partial charge in [0.05, 0.1) is 6.20 Å². The first-order chi connectivity index (χ1) is 12.1. The molecule has 3 rings (SSSR count). The van der Waals surface area contributed by atoms with E-state index in [1.807, 2.05) is 24.2 Å². The van der Waals surface area contributed by atoms with Crippen LogP contribution in [0.3, 0.4) is 0 Å². The van der Waals surface area contributed by atoms with Crippen LogP contribution in [0.15, 0.2) is 48.7 Å². The number of aromatic amines is 1. The Morgan fingerprint density at radius 1 is 1.16 bits per heavy atom. The number of likely N-dealkylation sites (N-methyl/N-ethyl adjacent to an activating group) is 1. The summed E-state index contributed by atoms with van der Waals surface area (Å²) in [5.41, 5.74) is 2.43. The molecule has 1 aromatic carbocycles. The Bertz CT molecular complexity index is 679.